The number of nitrogens with one attached hydrogen (secondary N) is 1. The first-order valence-electron chi connectivity index (χ1n) is 9.09. The van der Waals surface area contributed by atoms with Crippen LogP contribution in [0.4, 0.5) is 17.3 Å². The van der Waals surface area contributed by atoms with Gasteiger partial charge in [0.1, 0.15) is 11.9 Å². The average molecular weight is 368 g/mol. The predicted molar refractivity (Wildman–Crippen MR) is 105 cm³/mol. The molecule has 0 aliphatic carbocycles. The number of anilines is 3. The van der Waals surface area contributed by atoms with Gasteiger partial charge in [-0.25, -0.2) is 4.98 Å². The van der Waals surface area contributed by atoms with Gasteiger partial charge in [-0.05, 0) is 43.0 Å². The predicted octanol–water partition coefficient (Wildman–Crippen LogP) is 2.54. The summed E-state index contributed by atoms with van der Waals surface area (Å²) in [6.07, 6.45) is 1.60. The molecule has 3 N–H and O–H groups in total. The Bertz CT molecular complexity index is 859. The number of hydrogen-bond donors (Lipinski definition) is 2. The molecule has 0 spiro atoms. The highest BCUT2D eigenvalue weighted by molar-refractivity contribution is 6.06. The number of nitrogen functional groups attached to an aromatic ring is 1. The van der Waals surface area contributed by atoms with Gasteiger partial charge >= 0.3 is 0 Å². The Labute approximate surface area is 158 Å². The van der Waals surface area contributed by atoms with Gasteiger partial charge in [-0.1, -0.05) is 32.0 Å². The highest BCUT2D eigenvalue weighted by atomic mass is 16.5. The summed E-state index contributed by atoms with van der Waals surface area (Å²) < 4.78 is 5.40. The third kappa shape index (κ3) is 3.58. The van der Waals surface area contributed by atoms with Crippen LogP contribution in [0.2, 0.25) is 0 Å². The Hall–Kier alpha value is -3.09. The minimum atomic E-state index is -0.760. The smallest absolute Gasteiger partial charge is 0.266 e. The first-order chi connectivity index (χ1) is 13.0. The Balaban J connectivity index is 1.91. The third-order valence-corrected chi connectivity index (χ3v) is 4.72. The number of carbonyl (C=O) groups is 2. The van der Waals surface area contributed by atoms with E-state index in [0.29, 0.717) is 5.75 Å². The van der Waals surface area contributed by atoms with E-state index < -0.39 is 6.04 Å². The van der Waals surface area contributed by atoms with Crippen molar-refractivity contribution in [1.29, 1.82) is 0 Å². The lowest BCUT2D eigenvalue weighted by molar-refractivity contribution is -0.125. The van der Waals surface area contributed by atoms with Crippen molar-refractivity contribution in [1.82, 2.24) is 4.98 Å². The normalized spacial score (nSPS) is 14.3. The molecule has 0 radical (unpaired) electrons. The number of nitrogens with two attached hydrogens (primary N) is 1. The molecule has 0 saturated carbocycles. The Morgan fingerprint density at radius 3 is 2.56 bits per heavy atom. The number of benzene rings is 1. The lowest BCUT2D eigenvalue weighted by atomic mass is 10.0. The summed E-state index contributed by atoms with van der Waals surface area (Å²) in [5.41, 5.74) is 8.70. The van der Waals surface area contributed by atoms with Crippen LogP contribution in [0.15, 0.2) is 30.3 Å². The molecule has 3 rings (SSSR count). The van der Waals surface area contributed by atoms with Crippen molar-refractivity contribution >= 4 is 29.1 Å². The summed E-state index contributed by atoms with van der Waals surface area (Å²) in [4.78, 5) is 31.0. The maximum Gasteiger partial charge on any atom is 0.266 e. The minimum absolute atomic E-state index is 0.137. The van der Waals surface area contributed by atoms with Crippen molar-refractivity contribution in [3.05, 3.63) is 41.5 Å². The number of amides is 2. The van der Waals surface area contributed by atoms with E-state index in [0.717, 1.165) is 29.7 Å². The lowest BCUT2D eigenvalue weighted by Crippen LogP contribution is -2.50. The SMILES string of the molecule is CCc1cccc(CC)c1NC(=O)C(C)N1C(=O)COc2ccc(N)nc21. The highest BCUT2D eigenvalue weighted by Crippen LogP contribution is 2.32. The molecule has 2 heterocycles. The first-order valence-corrected chi connectivity index (χ1v) is 9.09. The third-order valence-electron chi connectivity index (χ3n) is 4.72. The number of pyridine rings is 1. The Morgan fingerprint density at radius 2 is 1.93 bits per heavy atom. The Morgan fingerprint density at radius 1 is 1.26 bits per heavy atom. The maximum absolute atomic E-state index is 13.0. The van der Waals surface area contributed by atoms with Crippen LogP contribution in [0, 0.1) is 0 Å². The molecule has 1 atom stereocenters. The van der Waals surface area contributed by atoms with Crippen molar-refractivity contribution in [3.8, 4) is 5.75 Å². The van der Waals surface area contributed by atoms with Gasteiger partial charge in [0, 0.05) is 5.69 Å². The number of aryl methyl sites for hydroxylation is 2. The van der Waals surface area contributed by atoms with Crippen LogP contribution in [0.3, 0.4) is 0 Å². The molecule has 1 aliphatic heterocycles. The fourth-order valence-corrected chi connectivity index (χ4v) is 3.21. The quantitative estimate of drug-likeness (QED) is 0.845. The van der Waals surface area contributed by atoms with Crippen LogP contribution in [0.5, 0.6) is 5.75 Å². The summed E-state index contributed by atoms with van der Waals surface area (Å²) in [6, 6.07) is 8.48. The molecular formula is C20H24N4O3. The number of carbonyl (C=O) groups excluding carboxylic acids is 2. The van der Waals surface area contributed by atoms with E-state index in [1.165, 1.54) is 4.90 Å². The van der Waals surface area contributed by atoms with Gasteiger partial charge in [0.2, 0.25) is 5.91 Å². The van der Waals surface area contributed by atoms with Gasteiger partial charge in [-0.15, -0.1) is 0 Å². The maximum atomic E-state index is 13.0. The van der Waals surface area contributed by atoms with E-state index in [1.807, 2.05) is 32.0 Å². The van der Waals surface area contributed by atoms with Gasteiger partial charge in [0.25, 0.3) is 5.91 Å². The molecule has 2 amide bonds. The van der Waals surface area contributed by atoms with E-state index in [2.05, 4.69) is 10.3 Å². The molecule has 0 bridgehead atoms. The molecule has 7 nitrogen and oxygen atoms in total. The molecule has 27 heavy (non-hydrogen) atoms. The molecule has 1 unspecified atom stereocenters. The number of ether oxygens (including phenoxy) is 1. The monoisotopic (exact) mass is 368 g/mol. The summed E-state index contributed by atoms with van der Waals surface area (Å²) in [7, 11) is 0. The van der Waals surface area contributed by atoms with Crippen LogP contribution in [-0.4, -0.2) is 29.4 Å². The second-order valence-corrected chi connectivity index (χ2v) is 6.43. The van der Waals surface area contributed by atoms with E-state index >= 15 is 0 Å². The van der Waals surface area contributed by atoms with Gasteiger partial charge in [-0.2, -0.15) is 0 Å². The van der Waals surface area contributed by atoms with Gasteiger partial charge in [0.05, 0.1) is 0 Å². The second-order valence-electron chi connectivity index (χ2n) is 6.43. The van der Waals surface area contributed by atoms with Crippen molar-refractivity contribution in [3.63, 3.8) is 0 Å². The van der Waals surface area contributed by atoms with E-state index in [9.17, 15) is 9.59 Å². The van der Waals surface area contributed by atoms with Gasteiger partial charge in [0.15, 0.2) is 18.2 Å². The van der Waals surface area contributed by atoms with Crippen molar-refractivity contribution < 1.29 is 14.3 Å². The van der Waals surface area contributed by atoms with Crippen LogP contribution in [0.1, 0.15) is 31.9 Å². The van der Waals surface area contributed by atoms with Crippen molar-refractivity contribution in [2.75, 3.05) is 22.6 Å². The largest absolute Gasteiger partial charge is 0.480 e. The number of hydrogen-bond acceptors (Lipinski definition) is 5. The zero-order chi connectivity index (χ0) is 19.6. The number of aromatic nitrogens is 1. The number of para-hydroxylation sites is 1. The minimum Gasteiger partial charge on any atom is -0.480 e. The van der Waals surface area contributed by atoms with Crippen LogP contribution < -0.4 is 20.7 Å². The van der Waals surface area contributed by atoms with Crippen LogP contribution >= 0.6 is 0 Å². The first kappa shape index (κ1) is 18.7. The fraction of sp³-hybridized carbons (Fsp3) is 0.350. The zero-order valence-electron chi connectivity index (χ0n) is 15.8. The number of nitrogens with zero attached hydrogens (tertiary/aromatic N) is 2. The molecule has 0 saturated heterocycles. The van der Waals surface area contributed by atoms with Gasteiger partial charge in [-0.3, -0.25) is 14.5 Å². The summed E-state index contributed by atoms with van der Waals surface area (Å²) in [5.74, 6) is 0.355. The fourth-order valence-electron chi connectivity index (χ4n) is 3.21. The van der Waals surface area contributed by atoms with E-state index in [4.69, 9.17) is 10.5 Å². The van der Waals surface area contributed by atoms with Crippen LogP contribution in [0.25, 0.3) is 0 Å². The number of fused-ring (bicyclic) bond motifs is 1. The summed E-state index contributed by atoms with van der Waals surface area (Å²) in [5, 5.41) is 3.01. The average Bonchev–Trinajstić information content (AvgIpc) is 2.67. The zero-order valence-corrected chi connectivity index (χ0v) is 15.8. The second kappa shape index (κ2) is 7.65. The molecule has 1 aromatic heterocycles. The van der Waals surface area contributed by atoms with Gasteiger partial charge < -0.3 is 15.8 Å². The summed E-state index contributed by atoms with van der Waals surface area (Å²) >= 11 is 0. The lowest BCUT2D eigenvalue weighted by Gasteiger charge is -2.32. The highest BCUT2D eigenvalue weighted by Gasteiger charge is 2.34. The molecule has 1 aromatic carbocycles. The van der Waals surface area contributed by atoms with Crippen molar-refractivity contribution in [2.24, 2.45) is 0 Å². The standard InChI is InChI=1S/C20H24N4O3/c1-4-13-7-6-8-14(5-2)18(13)23-20(26)12(3)24-17(25)11-27-15-9-10-16(21)22-19(15)24/h6-10,12H,4-5,11H2,1-3H3,(H2,21,22)(H,23,26). The molecule has 2 aromatic rings. The molecule has 1 aliphatic rings. The van der Waals surface area contributed by atoms with Crippen molar-refractivity contribution in [2.45, 2.75) is 39.7 Å². The topological polar surface area (TPSA) is 97.5 Å². The number of rotatable bonds is 5. The van der Waals surface area contributed by atoms with Crippen LogP contribution in [-0.2, 0) is 22.4 Å². The molecular weight excluding hydrogens is 344 g/mol. The molecule has 0 fully saturated rings. The molecule has 142 valence electrons. The van der Waals surface area contributed by atoms with E-state index in [-0.39, 0.29) is 30.1 Å². The summed E-state index contributed by atoms with van der Waals surface area (Å²) in [6.45, 7) is 5.62. The molecule has 7 heteroatoms. The van der Waals surface area contributed by atoms with E-state index in [1.54, 1.807) is 19.1 Å². The Kier molecular flexibility index (Phi) is 5.30.